The van der Waals surface area contributed by atoms with Gasteiger partial charge in [0.15, 0.2) is 0 Å². The molecule has 1 aromatic carbocycles. The Labute approximate surface area is 86.7 Å². The Kier molecular flexibility index (Phi) is 2.44. The third-order valence-corrected chi connectivity index (χ3v) is 2.95. The van der Waals surface area contributed by atoms with Crippen molar-refractivity contribution < 1.29 is 14.3 Å². The minimum Gasteiger partial charge on any atom is -0.480 e. The van der Waals surface area contributed by atoms with Crippen LogP contribution < -0.4 is 5.73 Å². The second-order valence-electron chi connectivity index (χ2n) is 3.85. The van der Waals surface area contributed by atoms with Crippen molar-refractivity contribution in [1.82, 2.24) is 0 Å². The number of benzene rings is 1. The fourth-order valence-electron chi connectivity index (χ4n) is 2.15. The highest BCUT2D eigenvalue weighted by Gasteiger charge is 2.31. The third kappa shape index (κ3) is 1.72. The van der Waals surface area contributed by atoms with Crippen LogP contribution in [-0.2, 0) is 11.2 Å². The number of carboxylic acid groups (broad SMARTS) is 1. The lowest BCUT2D eigenvalue weighted by Gasteiger charge is -2.15. The zero-order valence-corrected chi connectivity index (χ0v) is 8.11. The first kappa shape index (κ1) is 10.1. The van der Waals surface area contributed by atoms with Gasteiger partial charge in [-0.25, -0.2) is 4.39 Å². The molecule has 3 N–H and O–H groups in total. The summed E-state index contributed by atoms with van der Waals surface area (Å²) in [7, 11) is 0. The molecule has 0 heterocycles. The van der Waals surface area contributed by atoms with Crippen LogP contribution in [0.2, 0.25) is 0 Å². The highest BCUT2D eigenvalue weighted by molar-refractivity contribution is 5.75. The van der Waals surface area contributed by atoms with E-state index in [1.165, 1.54) is 12.1 Å². The molecule has 0 amide bonds. The Bertz CT molecular complexity index is 406. The quantitative estimate of drug-likeness (QED) is 0.770. The van der Waals surface area contributed by atoms with Crippen molar-refractivity contribution in [2.24, 2.45) is 5.73 Å². The second kappa shape index (κ2) is 3.62. The van der Waals surface area contributed by atoms with Gasteiger partial charge in [-0.15, -0.1) is 0 Å². The first-order valence-electron chi connectivity index (χ1n) is 4.86. The number of fused-ring (bicyclic) bond motifs is 1. The zero-order chi connectivity index (χ0) is 11.0. The van der Waals surface area contributed by atoms with Crippen LogP contribution >= 0.6 is 0 Å². The smallest absolute Gasteiger partial charge is 0.321 e. The largest absolute Gasteiger partial charge is 0.480 e. The molecule has 0 spiro atoms. The van der Waals surface area contributed by atoms with Crippen LogP contribution in [0.5, 0.6) is 0 Å². The average Bonchev–Trinajstić information content (AvgIpc) is 2.59. The Balaban J connectivity index is 2.35. The lowest BCUT2D eigenvalue weighted by Crippen LogP contribution is -2.35. The number of hydrogen-bond donors (Lipinski definition) is 2. The Morgan fingerprint density at radius 2 is 2.33 bits per heavy atom. The lowest BCUT2D eigenvalue weighted by atomic mass is 9.94. The Morgan fingerprint density at radius 3 is 3.00 bits per heavy atom. The molecule has 2 unspecified atom stereocenters. The highest BCUT2D eigenvalue weighted by Crippen LogP contribution is 2.35. The predicted molar refractivity (Wildman–Crippen MR) is 53.1 cm³/mol. The van der Waals surface area contributed by atoms with Crippen LogP contribution in [0.15, 0.2) is 18.2 Å². The van der Waals surface area contributed by atoms with Gasteiger partial charge in [-0.05, 0) is 36.1 Å². The monoisotopic (exact) mass is 209 g/mol. The van der Waals surface area contributed by atoms with E-state index in [0.29, 0.717) is 6.42 Å². The fraction of sp³-hybridized carbons (Fsp3) is 0.364. The minimum atomic E-state index is -1.03. The van der Waals surface area contributed by atoms with Crippen molar-refractivity contribution in [3.63, 3.8) is 0 Å². The topological polar surface area (TPSA) is 63.3 Å². The molecular weight excluding hydrogens is 197 g/mol. The first-order chi connectivity index (χ1) is 7.09. The minimum absolute atomic E-state index is 0.256. The van der Waals surface area contributed by atoms with Crippen LogP contribution in [0.4, 0.5) is 4.39 Å². The molecule has 2 rings (SSSR count). The van der Waals surface area contributed by atoms with Crippen LogP contribution in [0.3, 0.4) is 0 Å². The average molecular weight is 209 g/mol. The summed E-state index contributed by atoms with van der Waals surface area (Å²) in [6.45, 7) is 0. The predicted octanol–water partition coefficient (Wildman–Crippen LogP) is 1.27. The van der Waals surface area contributed by atoms with Crippen molar-refractivity contribution in [2.45, 2.75) is 24.8 Å². The van der Waals surface area contributed by atoms with Gasteiger partial charge in [0.1, 0.15) is 11.9 Å². The van der Waals surface area contributed by atoms with Crippen molar-refractivity contribution in [1.29, 1.82) is 0 Å². The number of hydrogen-bond acceptors (Lipinski definition) is 2. The molecule has 1 aromatic rings. The molecule has 3 nitrogen and oxygen atoms in total. The molecule has 1 aliphatic carbocycles. The van der Waals surface area contributed by atoms with E-state index in [2.05, 4.69) is 0 Å². The van der Waals surface area contributed by atoms with E-state index >= 15 is 0 Å². The SMILES string of the molecule is NC(C(=O)O)C1CCc2ccc(F)cc21. The fourth-order valence-corrected chi connectivity index (χ4v) is 2.15. The van der Waals surface area contributed by atoms with E-state index in [0.717, 1.165) is 17.5 Å². The first-order valence-corrected chi connectivity index (χ1v) is 4.86. The third-order valence-electron chi connectivity index (χ3n) is 2.95. The molecule has 0 fully saturated rings. The van der Waals surface area contributed by atoms with Gasteiger partial charge < -0.3 is 10.8 Å². The molecule has 1 aliphatic rings. The number of carboxylic acids is 1. The molecule has 15 heavy (non-hydrogen) atoms. The molecule has 0 aromatic heterocycles. The van der Waals surface area contributed by atoms with E-state index in [4.69, 9.17) is 10.8 Å². The summed E-state index contributed by atoms with van der Waals surface area (Å²) in [5, 5.41) is 8.82. The van der Waals surface area contributed by atoms with E-state index in [-0.39, 0.29) is 11.7 Å². The van der Waals surface area contributed by atoms with Crippen molar-refractivity contribution in [3.05, 3.63) is 35.1 Å². The molecule has 0 aliphatic heterocycles. The van der Waals surface area contributed by atoms with Crippen LogP contribution in [0.1, 0.15) is 23.5 Å². The number of halogens is 1. The molecule has 4 heteroatoms. The van der Waals surface area contributed by atoms with Gasteiger partial charge in [-0.3, -0.25) is 4.79 Å². The summed E-state index contributed by atoms with van der Waals surface area (Å²) >= 11 is 0. The summed E-state index contributed by atoms with van der Waals surface area (Å²) in [6.07, 6.45) is 1.47. The molecule has 0 saturated heterocycles. The lowest BCUT2D eigenvalue weighted by molar-refractivity contribution is -0.139. The van der Waals surface area contributed by atoms with Crippen molar-refractivity contribution in [3.8, 4) is 0 Å². The van der Waals surface area contributed by atoms with Crippen molar-refractivity contribution in [2.75, 3.05) is 0 Å². The summed E-state index contributed by atoms with van der Waals surface area (Å²) in [5.74, 6) is -1.62. The standard InChI is InChI=1S/C11H12FNO2/c12-7-3-1-6-2-4-8(9(6)5-7)10(13)11(14)15/h1,3,5,8,10H,2,4,13H2,(H,14,15). The van der Waals surface area contributed by atoms with Gasteiger partial charge in [0.05, 0.1) is 0 Å². The molecular formula is C11H12FNO2. The maximum atomic E-state index is 13.0. The summed E-state index contributed by atoms with van der Waals surface area (Å²) in [6, 6.07) is 3.57. The zero-order valence-electron chi connectivity index (χ0n) is 8.11. The van der Waals surface area contributed by atoms with Gasteiger partial charge in [0.2, 0.25) is 0 Å². The van der Waals surface area contributed by atoms with Crippen LogP contribution in [0.25, 0.3) is 0 Å². The normalized spacial score (nSPS) is 21.1. The van der Waals surface area contributed by atoms with E-state index in [9.17, 15) is 9.18 Å². The van der Waals surface area contributed by atoms with Crippen LogP contribution in [-0.4, -0.2) is 17.1 Å². The molecule has 0 radical (unpaired) electrons. The molecule has 2 atom stereocenters. The Hall–Kier alpha value is -1.42. The number of rotatable bonds is 2. The van der Waals surface area contributed by atoms with Gasteiger partial charge in [0, 0.05) is 5.92 Å². The number of aryl methyl sites for hydroxylation is 1. The van der Waals surface area contributed by atoms with Gasteiger partial charge in [0.25, 0.3) is 0 Å². The van der Waals surface area contributed by atoms with E-state index in [1.54, 1.807) is 6.07 Å². The maximum Gasteiger partial charge on any atom is 0.321 e. The van der Waals surface area contributed by atoms with E-state index in [1.807, 2.05) is 0 Å². The van der Waals surface area contributed by atoms with Crippen molar-refractivity contribution >= 4 is 5.97 Å². The summed E-state index contributed by atoms with van der Waals surface area (Å²) < 4.78 is 13.0. The van der Waals surface area contributed by atoms with Gasteiger partial charge >= 0.3 is 5.97 Å². The summed E-state index contributed by atoms with van der Waals surface area (Å²) in [4.78, 5) is 10.8. The maximum absolute atomic E-state index is 13.0. The van der Waals surface area contributed by atoms with Crippen LogP contribution in [0, 0.1) is 5.82 Å². The molecule has 80 valence electrons. The van der Waals surface area contributed by atoms with E-state index < -0.39 is 12.0 Å². The number of aliphatic carboxylic acids is 1. The number of nitrogens with two attached hydrogens (primary N) is 1. The van der Waals surface area contributed by atoms with Gasteiger partial charge in [-0.1, -0.05) is 6.07 Å². The van der Waals surface area contributed by atoms with Gasteiger partial charge in [-0.2, -0.15) is 0 Å². The second-order valence-corrected chi connectivity index (χ2v) is 3.85. The molecule has 0 bridgehead atoms. The highest BCUT2D eigenvalue weighted by atomic mass is 19.1. The number of carbonyl (C=O) groups is 1. The molecule has 0 saturated carbocycles. The Morgan fingerprint density at radius 1 is 1.60 bits per heavy atom. The summed E-state index contributed by atoms with van der Waals surface area (Å²) in [5.41, 5.74) is 7.33.